The predicted octanol–water partition coefficient (Wildman–Crippen LogP) is 1.96. The summed E-state index contributed by atoms with van der Waals surface area (Å²) in [5.74, 6) is 0. The van der Waals surface area contributed by atoms with E-state index in [4.69, 9.17) is 4.74 Å². The second kappa shape index (κ2) is 4.26. The number of hydrogen-bond donors (Lipinski definition) is 0. The summed E-state index contributed by atoms with van der Waals surface area (Å²) in [7, 11) is 0. The van der Waals surface area contributed by atoms with E-state index < -0.39 is 0 Å². The maximum atomic E-state index is 5.52. The van der Waals surface area contributed by atoms with Gasteiger partial charge in [-0.15, -0.1) is 0 Å². The van der Waals surface area contributed by atoms with Crippen LogP contribution in [-0.4, -0.2) is 24.6 Å². The van der Waals surface area contributed by atoms with Crippen molar-refractivity contribution >= 4 is 6.72 Å². The van der Waals surface area contributed by atoms with Gasteiger partial charge in [0.25, 0.3) is 0 Å². The van der Waals surface area contributed by atoms with Gasteiger partial charge in [0.15, 0.2) is 0 Å². The Hall–Kier alpha value is -0.830. The van der Waals surface area contributed by atoms with E-state index in [-0.39, 0.29) is 6.23 Å². The van der Waals surface area contributed by atoms with Crippen LogP contribution in [0, 0.1) is 0 Å². The molecule has 0 aromatic carbocycles. The molecule has 3 nitrogen and oxygen atoms in total. The zero-order chi connectivity index (χ0) is 8.97. The lowest BCUT2D eigenvalue weighted by Crippen LogP contribution is -2.34. The average Bonchev–Trinajstić information content (AvgIpc) is 2.07. The number of rotatable bonds is 3. The Morgan fingerprint density at radius 3 is 2.75 bits per heavy atom. The maximum absolute atomic E-state index is 5.52. The van der Waals surface area contributed by atoms with E-state index in [1.807, 2.05) is 6.92 Å². The number of nitrogens with zero attached hydrogens (tertiary/aromatic N) is 2. The van der Waals surface area contributed by atoms with Crippen molar-refractivity contribution in [1.82, 2.24) is 5.01 Å². The van der Waals surface area contributed by atoms with Gasteiger partial charge >= 0.3 is 0 Å². The summed E-state index contributed by atoms with van der Waals surface area (Å²) < 4.78 is 5.52. The molecule has 12 heavy (non-hydrogen) atoms. The lowest BCUT2D eigenvalue weighted by molar-refractivity contribution is -0.0697. The maximum Gasteiger partial charge on any atom is 0.150 e. The minimum absolute atomic E-state index is 0.0637. The smallest absolute Gasteiger partial charge is 0.150 e. The third kappa shape index (κ3) is 2.08. The van der Waals surface area contributed by atoms with Crippen LogP contribution in [0.5, 0.6) is 0 Å². The van der Waals surface area contributed by atoms with Crippen molar-refractivity contribution in [1.29, 1.82) is 0 Å². The van der Waals surface area contributed by atoms with Crippen molar-refractivity contribution in [3.8, 4) is 0 Å². The van der Waals surface area contributed by atoms with Crippen LogP contribution in [0.2, 0.25) is 0 Å². The van der Waals surface area contributed by atoms with Crippen molar-refractivity contribution in [3.05, 3.63) is 12.3 Å². The van der Waals surface area contributed by atoms with E-state index in [2.05, 4.69) is 18.4 Å². The van der Waals surface area contributed by atoms with Crippen LogP contribution in [0.4, 0.5) is 0 Å². The molecule has 0 saturated carbocycles. The number of hydrogen-bond acceptors (Lipinski definition) is 3. The molecule has 1 aliphatic rings. The van der Waals surface area contributed by atoms with Crippen LogP contribution in [0.3, 0.4) is 0 Å². The fraction of sp³-hybridized carbons (Fsp3) is 0.667. The van der Waals surface area contributed by atoms with E-state index in [9.17, 15) is 0 Å². The highest BCUT2D eigenvalue weighted by molar-refractivity contribution is 5.23. The molecule has 3 heteroatoms. The minimum Gasteiger partial charge on any atom is -0.357 e. The summed E-state index contributed by atoms with van der Waals surface area (Å²) in [5, 5.41) is 5.62. The third-order valence-electron chi connectivity index (χ3n) is 1.97. The van der Waals surface area contributed by atoms with Crippen molar-refractivity contribution in [3.63, 3.8) is 0 Å². The molecule has 68 valence electrons. The number of hydrazone groups is 1. The minimum atomic E-state index is 0.0637. The van der Waals surface area contributed by atoms with Gasteiger partial charge in [-0.1, -0.05) is 6.58 Å². The van der Waals surface area contributed by atoms with E-state index in [0.29, 0.717) is 0 Å². The summed E-state index contributed by atoms with van der Waals surface area (Å²) >= 11 is 0. The number of allylic oxidation sites excluding steroid dienone is 1. The highest BCUT2D eigenvalue weighted by Gasteiger charge is 2.20. The zero-order valence-electron chi connectivity index (χ0n) is 7.62. The van der Waals surface area contributed by atoms with Crippen LogP contribution in [0.1, 0.15) is 26.2 Å². The fourth-order valence-electron chi connectivity index (χ4n) is 1.37. The molecular weight excluding hydrogens is 152 g/mol. The summed E-state index contributed by atoms with van der Waals surface area (Å²) in [6, 6.07) is 0. The number of ether oxygens (including phenoxy) is 1. The molecule has 0 radical (unpaired) electrons. The SMILES string of the molecule is C=NN(C(=C)C)C1CCCCO1. The van der Waals surface area contributed by atoms with Gasteiger partial charge in [0, 0.05) is 19.0 Å². The fourth-order valence-corrected chi connectivity index (χ4v) is 1.37. The van der Waals surface area contributed by atoms with Gasteiger partial charge in [0.05, 0.1) is 0 Å². The second-order valence-corrected chi connectivity index (χ2v) is 3.04. The van der Waals surface area contributed by atoms with Crippen molar-refractivity contribution in [2.75, 3.05) is 6.61 Å². The Morgan fingerprint density at radius 2 is 2.33 bits per heavy atom. The van der Waals surface area contributed by atoms with Gasteiger partial charge in [-0.3, -0.25) is 0 Å². The van der Waals surface area contributed by atoms with Gasteiger partial charge in [-0.2, -0.15) is 5.10 Å². The van der Waals surface area contributed by atoms with Gasteiger partial charge in [-0.05, 0) is 26.2 Å². The molecule has 1 saturated heterocycles. The Kier molecular flexibility index (Phi) is 3.29. The molecule has 1 unspecified atom stereocenters. The zero-order valence-corrected chi connectivity index (χ0v) is 7.62. The lowest BCUT2D eigenvalue weighted by Gasteiger charge is -2.31. The molecule has 0 amide bonds. The summed E-state index contributed by atoms with van der Waals surface area (Å²) in [6.45, 7) is 10.0. The Morgan fingerprint density at radius 1 is 1.58 bits per heavy atom. The standard InChI is InChI=1S/C9H16N2O/c1-8(2)11(10-3)9-6-4-5-7-12-9/h9H,1,3-7H2,2H3. The highest BCUT2D eigenvalue weighted by Crippen LogP contribution is 2.19. The molecule has 1 rings (SSSR count). The highest BCUT2D eigenvalue weighted by atomic mass is 16.5. The normalized spacial score (nSPS) is 23.2. The molecule has 0 N–H and O–H groups in total. The summed E-state index contributed by atoms with van der Waals surface area (Å²) in [4.78, 5) is 0. The van der Waals surface area contributed by atoms with Gasteiger partial charge in [0.1, 0.15) is 6.23 Å². The largest absolute Gasteiger partial charge is 0.357 e. The van der Waals surface area contributed by atoms with Crippen molar-refractivity contribution < 1.29 is 4.74 Å². The molecule has 1 aliphatic heterocycles. The van der Waals surface area contributed by atoms with Crippen LogP contribution in [-0.2, 0) is 4.74 Å². The van der Waals surface area contributed by atoms with E-state index >= 15 is 0 Å². The molecule has 0 spiro atoms. The molecule has 0 bridgehead atoms. The van der Waals surface area contributed by atoms with Crippen LogP contribution < -0.4 is 0 Å². The first-order chi connectivity index (χ1) is 5.75. The van der Waals surface area contributed by atoms with E-state index in [1.165, 1.54) is 6.42 Å². The molecule has 1 atom stereocenters. The molecule has 0 aromatic rings. The van der Waals surface area contributed by atoms with E-state index in [1.54, 1.807) is 5.01 Å². The Labute approximate surface area is 73.7 Å². The molecular formula is C9H16N2O. The topological polar surface area (TPSA) is 24.8 Å². The van der Waals surface area contributed by atoms with Crippen molar-refractivity contribution in [2.24, 2.45) is 5.10 Å². The first-order valence-corrected chi connectivity index (χ1v) is 4.28. The lowest BCUT2D eigenvalue weighted by atomic mass is 10.2. The quantitative estimate of drug-likeness (QED) is 0.475. The monoisotopic (exact) mass is 168 g/mol. The Balaban J connectivity index is 2.51. The predicted molar refractivity (Wildman–Crippen MR) is 49.8 cm³/mol. The van der Waals surface area contributed by atoms with Crippen LogP contribution in [0.25, 0.3) is 0 Å². The first-order valence-electron chi connectivity index (χ1n) is 4.28. The van der Waals surface area contributed by atoms with Crippen LogP contribution >= 0.6 is 0 Å². The van der Waals surface area contributed by atoms with E-state index in [0.717, 1.165) is 25.1 Å². The van der Waals surface area contributed by atoms with Crippen molar-refractivity contribution in [2.45, 2.75) is 32.4 Å². The molecule has 0 aromatic heterocycles. The van der Waals surface area contributed by atoms with Gasteiger partial charge in [0.2, 0.25) is 0 Å². The summed E-state index contributed by atoms with van der Waals surface area (Å²) in [5.41, 5.74) is 0.886. The molecule has 1 fully saturated rings. The van der Waals surface area contributed by atoms with Gasteiger partial charge in [-0.25, -0.2) is 5.01 Å². The van der Waals surface area contributed by atoms with Crippen LogP contribution in [0.15, 0.2) is 17.4 Å². The second-order valence-electron chi connectivity index (χ2n) is 3.04. The Bertz CT molecular complexity index is 173. The summed E-state index contributed by atoms with van der Waals surface area (Å²) in [6.07, 6.45) is 3.43. The third-order valence-corrected chi connectivity index (χ3v) is 1.97. The van der Waals surface area contributed by atoms with Gasteiger partial charge < -0.3 is 4.74 Å². The molecule has 0 aliphatic carbocycles. The average molecular weight is 168 g/mol. The first kappa shape index (κ1) is 9.26. The molecule has 1 heterocycles.